The summed E-state index contributed by atoms with van der Waals surface area (Å²) < 4.78 is 53.0. The molecule has 2 aromatic carbocycles. The SMILES string of the molecule is Nc1c(NC(=O)O)ccc(N2CCc3cc(C(F)(F)F)ccc3C2)c1F. The van der Waals surface area contributed by atoms with Crippen LogP contribution in [0.4, 0.5) is 39.4 Å². The number of hydrogen-bond donors (Lipinski definition) is 3. The Balaban J connectivity index is 1.87. The summed E-state index contributed by atoms with van der Waals surface area (Å²) >= 11 is 0. The van der Waals surface area contributed by atoms with Crippen LogP contribution >= 0.6 is 0 Å². The van der Waals surface area contributed by atoms with Gasteiger partial charge >= 0.3 is 12.3 Å². The molecule has 26 heavy (non-hydrogen) atoms. The highest BCUT2D eigenvalue weighted by atomic mass is 19.4. The van der Waals surface area contributed by atoms with Gasteiger partial charge in [0.25, 0.3) is 0 Å². The molecular weight excluding hydrogens is 354 g/mol. The van der Waals surface area contributed by atoms with Crippen LogP contribution in [0.2, 0.25) is 0 Å². The average molecular weight is 369 g/mol. The Morgan fingerprint density at radius 2 is 1.92 bits per heavy atom. The highest BCUT2D eigenvalue weighted by Gasteiger charge is 2.32. The minimum atomic E-state index is -4.40. The first kappa shape index (κ1) is 17.8. The van der Waals surface area contributed by atoms with Crippen LogP contribution in [0.1, 0.15) is 16.7 Å². The summed E-state index contributed by atoms with van der Waals surface area (Å²) in [6.45, 7) is 0.548. The quantitative estimate of drug-likeness (QED) is 0.551. The van der Waals surface area contributed by atoms with Gasteiger partial charge in [0.05, 0.1) is 22.6 Å². The predicted octanol–water partition coefficient (Wildman–Crippen LogP) is 4.08. The Hall–Kier alpha value is -2.97. The van der Waals surface area contributed by atoms with Crippen molar-refractivity contribution < 1.29 is 27.5 Å². The number of carbonyl (C=O) groups is 1. The van der Waals surface area contributed by atoms with E-state index in [-0.39, 0.29) is 23.6 Å². The fraction of sp³-hybridized carbons (Fsp3) is 0.235. The Morgan fingerprint density at radius 1 is 1.19 bits per heavy atom. The van der Waals surface area contributed by atoms with Crippen molar-refractivity contribution in [2.45, 2.75) is 19.1 Å². The zero-order chi connectivity index (χ0) is 19.1. The number of nitrogens with two attached hydrogens (primary N) is 1. The van der Waals surface area contributed by atoms with Crippen molar-refractivity contribution in [3.63, 3.8) is 0 Å². The van der Waals surface area contributed by atoms with E-state index in [4.69, 9.17) is 10.8 Å². The molecule has 0 radical (unpaired) electrons. The molecule has 3 rings (SSSR count). The first-order valence-electron chi connectivity index (χ1n) is 7.68. The minimum absolute atomic E-state index is 0.0639. The normalized spacial score (nSPS) is 14.1. The molecule has 0 spiro atoms. The molecule has 1 aliphatic rings. The number of benzene rings is 2. The predicted molar refractivity (Wildman–Crippen MR) is 88.7 cm³/mol. The molecule has 0 atom stereocenters. The molecule has 2 aromatic rings. The molecule has 0 fully saturated rings. The van der Waals surface area contributed by atoms with E-state index in [1.807, 2.05) is 5.32 Å². The summed E-state index contributed by atoms with van der Waals surface area (Å²) in [5.41, 5.74) is 5.97. The van der Waals surface area contributed by atoms with Gasteiger partial charge in [-0.15, -0.1) is 0 Å². The minimum Gasteiger partial charge on any atom is -0.465 e. The summed E-state index contributed by atoms with van der Waals surface area (Å²) in [6, 6.07) is 6.27. The van der Waals surface area contributed by atoms with Crippen LogP contribution in [0, 0.1) is 5.82 Å². The molecule has 0 unspecified atom stereocenters. The third kappa shape index (κ3) is 3.37. The second kappa shape index (κ2) is 6.40. The van der Waals surface area contributed by atoms with Gasteiger partial charge in [-0.25, -0.2) is 9.18 Å². The summed E-state index contributed by atoms with van der Waals surface area (Å²) in [5, 5.41) is 10.7. The number of rotatable bonds is 2. The van der Waals surface area contributed by atoms with E-state index in [1.54, 1.807) is 4.90 Å². The van der Waals surface area contributed by atoms with E-state index in [0.29, 0.717) is 24.1 Å². The average Bonchev–Trinajstić information content (AvgIpc) is 2.57. The fourth-order valence-electron chi connectivity index (χ4n) is 2.98. The van der Waals surface area contributed by atoms with E-state index < -0.39 is 23.7 Å². The Morgan fingerprint density at radius 3 is 2.58 bits per heavy atom. The van der Waals surface area contributed by atoms with Gasteiger partial charge in [0.2, 0.25) is 0 Å². The number of anilines is 3. The van der Waals surface area contributed by atoms with E-state index in [1.165, 1.54) is 18.2 Å². The lowest BCUT2D eigenvalue weighted by molar-refractivity contribution is -0.137. The molecular formula is C17H15F4N3O2. The lowest BCUT2D eigenvalue weighted by atomic mass is 9.96. The second-order valence-corrected chi connectivity index (χ2v) is 5.94. The van der Waals surface area contributed by atoms with Gasteiger partial charge in [0, 0.05) is 13.1 Å². The largest absolute Gasteiger partial charge is 0.465 e. The Bertz CT molecular complexity index is 868. The topological polar surface area (TPSA) is 78.6 Å². The van der Waals surface area contributed by atoms with Crippen molar-refractivity contribution in [1.82, 2.24) is 0 Å². The maximum atomic E-state index is 14.5. The maximum absolute atomic E-state index is 14.5. The summed E-state index contributed by atoms with van der Waals surface area (Å²) in [6.07, 6.45) is -5.44. The summed E-state index contributed by atoms with van der Waals surface area (Å²) in [4.78, 5) is 12.3. The molecule has 1 aliphatic heterocycles. The van der Waals surface area contributed by atoms with Crippen molar-refractivity contribution in [3.05, 3.63) is 52.8 Å². The molecule has 0 aliphatic carbocycles. The molecule has 1 heterocycles. The van der Waals surface area contributed by atoms with Crippen molar-refractivity contribution in [1.29, 1.82) is 0 Å². The number of carboxylic acid groups (broad SMARTS) is 1. The van der Waals surface area contributed by atoms with Gasteiger partial charge in [-0.05, 0) is 41.8 Å². The number of hydrogen-bond acceptors (Lipinski definition) is 3. The molecule has 1 amide bonds. The lowest BCUT2D eigenvalue weighted by Crippen LogP contribution is -2.31. The Kier molecular flexibility index (Phi) is 4.39. The van der Waals surface area contributed by atoms with Gasteiger partial charge in [-0.1, -0.05) is 6.07 Å². The number of halogens is 4. The zero-order valence-electron chi connectivity index (χ0n) is 13.4. The lowest BCUT2D eigenvalue weighted by Gasteiger charge is -2.32. The zero-order valence-corrected chi connectivity index (χ0v) is 13.4. The van der Waals surface area contributed by atoms with Crippen molar-refractivity contribution >= 4 is 23.2 Å². The number of alkyl halides is 3. The van der Waals surface area contributed by atoms with Crippen LogP contribution in [0.15, 0.2) is 30.3 Å². The van der Waals surface area contributed by atoms with Crippen LogP contribution in [-0.2, 0) is 19.1 Å². The number of amides is 1. The number of nitrogens with one attached hydrogen (secondary N) is 1. The van der Waals surface area contributed by atoms with Crippen LogP contribution in [0.25, 0.3) is 0 Å². The van der Waals surface area contributed by atoms with E-state index in [9.17, 15) is 22.4 Å². The standard InChI is InChI=1S/C17H15F4N3O2/c18-14-13(4-3-12(15(14)22)23-16(25)26)24-6-5-9-7-11(17(19,20)21)2-1-10(9)8-24/h1-4,7,23H,5-6,8,22H2,(H,25,26). The summed E-state index contributed by atoms with van der Waals surface area (Å²) in [7, 11) is 0. The number of fused-ring (bicyclic) bond motifs is 1. The van der Waals surface area contributed by atoms with Gasteiger partial charge in [-0.3, -0.25) is 5.32 Å². The maximum Gasteiger partial charge on any atom is 0.416 e. The molecule has 0 saturated carbocycles. The first-order valence-corrected chi connectivity index (χ1v) is 7.68. The van der Waals surface area contributed by atoms with E-state index >= 15 is 0 Å². The third-order valence-corrected chi connectivity index (χ3v) is 4.29. The van der Waals surface area contributed by atoms with Gasteiger partial charge in [-0.2, -0.15) is 13.2 Å². The number of nitrogen functional groups attached to an aromatic ring is 1. The molecule has 9 heteroatoms. The van der Waals surface area contributed by atoms with E-state index in [0.717, 1.165) is 12.1 Å². The van der Waals surface area contributed by atoms with Gasteiger partial charge < -0.3 is 15.7 Å². The molecule has 0 aromatic heterocycles. The van der Waals surface area contributed by atoms with E-state index in [2.05, 4.69) is 0 Å². The monoisotopic (exact) mass is 369 g/mol. The fourth-order valence-corrected chi connectivity index (χ4v) is 2.98. The Labute approximate surface area is 146 Å². The van der Waals surface area contributed by atoms with Crippen LogP contribution in [0.3, 0.4) is 0 Å². The molecule has 138 valence electrons. The van der Waals surface area contributed by atoms with Gasteiger partial charge in [0.15, 0.2) is 5.82 Å². The summed E-state index contributed by atoms with van der Waals surface area (Å²) in [5.74, 6) is -0.772. The van der Waals surface area contributed by atoms with Crippen molar-refractivity contribution in [3.8, 4) is 0 Å². The third-order valence-electron chi connectivity index (χ3n) is 4.29. The molecule has 5 nitrogen and oxygen atoms in total. The smallest absolute Gasteiger partial charge is 0.416 e. The van der Waals surface area contributed by atoms with Gasteiger partial charge in [0.1, 0.15) is 0 Å². The molecule has 4 N–H and O–H groups in total. The van der Waals surface area contributed by atoms with Crippen molar-refractivity contribution in [2.75, 3.05) is 22.5 Å². The van der Waals surface area contributed by atoms with Crippen LogP contribution < -0.4 is 16.0 Å². The highest BCUT2D eigenvalue weighted by molar-refractivity contribution is 5.88. The second-order valence-electron chi connectivity index (χ2n) is 5.94. The van der Waals surface area contributed by atoms with Crippen molar-refractivity contribution in [2.24, 2.45) is 0 Å². The number of nitrogens with zero attached hydrogens (tertiary/aromatic N) is 1. The van der Waals surface area contributed by atoms with Crippen LogP contribution in [-0.4, -0.2) is 17.7 Å². The first-order chi connectivity index (χ1) is 12.2. The van der Waals surface area contributed by atoms with Crippen LogP contribution in [0.5, 0.6) is 0 Å². The highest BCUT2D eigenvalue weighted by Crippen LogP contribution is 2.35. The molecule has 0 saturated heterocycles. The molecule has 0 bridgehead atoms.